The molecule has 0 saturated carbocycles. The standard InChI is InChI=1S/C39H64N2O11/c1-9-30(43)28(4)36-31(50-36)25-38(5,47)17-10-12-26(2)35-27(3)14-15-32(39(6,49-8)18-16-29(42)24-34(45)52-35)51-37(46)41-22-20-40(21-23-41)19-11-13-33(44)48-7/h10,12,14-15,17,27-32,35-36,42-43,47H,9,11,13,16,18-25H2,1-8H3/b15-14+,17-10+,26-12+/t27-,28+,29+,30-,31+,32+,35+,36+,38-,39+/m0/s1. The van der Waals surface area contributed by atoms with Crippen LogP contribution in [0.25, 0.3) is 0 Å². The van der Waals surface area contributed by atoms with Crippen molar-refractivity contribution in [3.05, 3.63) is 36.0 Å². The van der Waals surface area contributed by atoms with Crippen LogP contribution >= 0.6 is 0 Å². The third-order valence-corrected chi connectivity index (χ3v) is 10.8. The molecule has 3 aliphatic heterocycles. The number of hydrogen-bond donors (Lipinski definition) is 3. The van der Waals surface area contributed by atoms with Crippen LogP contribution in [0.4, 0.5) is 4.79 Å². The minimum absolute atomic E-state index is 0.0160. The zero-order valence-corrected chi connectivity index (χ0v) is 32.5. The predicted octanol–water partition coefficient (Wildman–Crippen LogP) is 3.93. The molecule has 0 bridgehead atoms. The van der Waals surface area contributed by atoms with Gasteiger partial charge in [-0.25, -0.2) is 4.79 Å². The molecule has 0 unspecified atom stereocenters. The fourth-order valence-electron chi connectivity index (χ4n) is 6.90. The largest absolute Gasteiger partial charge is 0.469 e. The number of amides is 1. The third-order valence-electron chi connectivity index (χ3n) is 10.8. The summed E-state index contributed by atoms with van der Waals surface area (Å²) in [6, 6.07) is 0. The van der Waals surface area contributed by atoms with Gasteiger partial charge in [-0.2, -0.15) is 0 Å². The second kappa shape index (κ2) is 20.0. The summed E-state index contributed by atoms with van der Waals surface area (Å²) in [6.45, 7) is 14.1. The number of piperazine rings is 1. The number of ether oxygens (including phenoxy) is 5. The molecule has 13 nitrogen and oxygen atoms in total. The Kier molecular flexibility index (Phi) is 16.8. The van der Waals surface area contributed by atoms with Gasteiger partial charge in [-0.15, -0.1) is 0 Å². The zero-order valence-electron chi connectivity index (χ0n) is 32.5. The first kappa shape index (κ1) is 43.6. The number of carbonyl (C=O) groups is 3. The lowest BCUT2D eigenvalue weighted by Crippen LogP contribution is -2.51. The Morgan fingerprint density at radius 2 is 1.88 bits per heavy atom. The van der Waals surface area contributed by atoms with Crippen molar-refractivity contribution in [1.82, 2.24) is 9.80 Å². The molecule has 0 aromatic rings. The Labute approximate surface area is 309 Å². The van der Waals surface area contributed by atoms with Gasteiger partial charge in [-0.3, -0.25) is 14.5 Å². The Balaban J connectivity index is 1.72. The molecule has 0 radical (unpaired) electrons. The summed E-state index contributed by atoms with van der Waals surface area (Å²) in [7, 11) is 2.92. The van der Waals surface area contributed by atoms with E-state index in [0.29, 0.717) is 58.3 Å². The van der Waals surface area contributed by atoms with E-state index < -0.39 is 47.7 Å². The number of cyclic esters (lactones) is 1. The molecule has 2 saturated heterocycles. The molecule has 10 atom stereocenters. The van der Waals surface area contributed by atoms with E-state index in [4.69, 9.17) is 23.7 Å². The molecule has 13 heteroatoms. The number of allylic oxidation sites excluding steroid dienone is 2. The summed E-state index contributed by atoms with van der Waals surface area (Å²) >= 11 is 0. The molecule has 3 heterocycles. The average Bonchev–Trinajstić information content (AvgIpc) is 3.87. The van der Waals surface area contributed by atoms with Crippen molar-refractivity contribution < 1.29 is 53.4 Å². The normalized spacial score (nSPS) is 32.5. The lowest BCUT2D eigenvalue weighted by atomic mass is 9.88. The molecule has 296 valence electrons. The molecule has 0 spiro atoms. The summed E-state index contributed by atoms with van der Waals surface area (Å²) in [4.78, 5) is 41.8. The highest BCUT2D eigenvalue weighted by molar-refractivity contribution is 5.70. The smallest absolute Gasteiger partial charge is 0.410 e. The molecule has 2 fully saturated rings. The summed E-state index contributed by atoms with van der Waals surface area (Å²) < 4.78 is 28.4. The number of aliphatic hydroxyl groups excluding tert-OH is 2. The van der Waals surface area contributed by atoms with Crippen LogP contribution in [0.2, 0.25) is 0 Å². The predicted molar refractivity (Wildman–Crippen MR) is 195 cm³/mol. The van der Waals surface area contributed by atoms with Crippen molar-refractivity contribution in [2.24, 2.45) is 11.8 Å². The topological polar surface area (TPSA) is 168 Å². The first-order valence-corrected chi connectivity index (χ1v) is 18.8. The highest BCUT2D eigenvalue weighted by Crippen LogP contribution is 2.37. The van der Waals surface area contributed by atoms with Crippen LogP contribution in [0.1, 0.15) is 86.5 Å². The number of methoxy groups -OCH3 is 2. The molecule has 3 aliphatic rings. The van der Waals surface area contributed by atoms with Crippen LogP contribution in [0.15, 0.2) is 36.0 Å². The van der Waals surface area contributed by atoms with Gasteiger partial charge in [0.2, 0.25) is 0 Å². The lowest BCUT2D eigenvalue weighted by molar-refractivity contribution is -0.151. The highest BCUT2D eigenvalue weighted by Gasteiger charge is 2.47. The van der Waals surface area contributed by atoms with E-state index in [9.17, 15) is 29.7 Å². The van der Waals surface area contributed by atoms with Gasteiger partial charge >= 0.3 is 18.0 Å². The van der Waals surface area contributed by atoms with Crippen molar-refractivity contribution in [3.63, 3.8) is 0 Å². The monoisotopic (exact) mass is 736 g/mol. The molecular weight excluding hydrogens is 672 g/mol. The fourth-order valence-corrected chi connectivity index (χ4v) is 6.90. The van der Waals surface area contributed by atoms with Gasteiger partial charge in [0, 0.05) is 58.0 Å². The first-order valence-electron chi connectivity index (χ1n) is 18.8. The van der Waals surface area contributed by atoms with Crippen molar-refractivity contribution >= 4 is 18.0 Å². The van der Waals surface area contributed by atoms with Gasteiger partial charge in [0.1, 0.15) is 11.7 Å². The fraction of sp³-hybridized carbons (Fsp3) is 0.769. The van der Waals surface area contributed by atoms with E-state index in [1.807, 2.05) is 40.7 Å². The summed E-state index contributed by atoms with van der Waals surface area (Å²) in [5.74, 6) is -1.14. The van der Waals surface area contributed by atoms with Gasteiger partial charge in [0.05, 0.1) is 43.5 Å². The number of hydrogen-bond acceptors (Lipinski definition) is 12. The molecular formula is C39H64N2O11. The van der Waals surface area contributed by atoms with Crippen LogP contribution in [0.3, 0.4) is 0 Å². The summed E-state index contributed by atoms with van der Waals surface area (Å²) in [5, 5.41) is 32.0. The van der Waals surface area contributed by atoms with Gasteiger partial charge < -0.3 is 43.9 Å². The highest BCUT2D eigenvalue weighted by atomic mass is 16.6. The Bertz CT molecular complexity index is 1260. The molecule has 3 rings (SSSR count). The quantitative estimate of drug-likeness (QED) is 0.0774. The molecule has 0 aromatic heterocycles. The molecule has 3 N–H and O–H groups in total. The zero-order chi connectivity index (χ0) is 38.6. The van der Waals surface area contributed by atoms with E-state index in [1.54, 1.807) is 43.2 Å². The lowest BCUT2D eigenvalue weighted by Gasteiger charge is -2.38. The van der Waals surface area contributed by atoms with Crippen molar-refractivity contribution in [2.45, 2.75) is 134 Å². The molecule has 0 aliphatic carbocycles. The average molecular weight is 737 g/mol. The van der Waals surface area contributed by atoms with Gasteiger partial charge in [-0.05, 0) is 64.6 Å². The molecule has 0 aromatic carbocycles. The Morgan fingerprint density at radius 1 is 1.19 bits per heavy atom. The Hall–Kier alpha value is -2.81. The third kappa shape index (κ3) is 13.2. The Morgan fingerprint density at radius 3 is 2.52 bits per heavy atom. The van der Waals surface area contributed by atoms with E-state index in [-0.39, 0.29) is 42.9 Å². The number of rotatable bonds is 14. The van der Waals surface area contributed by atoms with E-state index >= 15 is 0 Å². The van der Waals surface area contributed by atoms with E-state index in [0.717, 1.165) is 12.1 Å². The first-order chi connectivity index (χ1) is 24.5. The molecule has 52 heavy (non-hydrogen) atoms. The van der Waals surface area contributed by atoms with Crippen LogP contribution in [-0.4, -0.2) is 138 Å². The van der Waals surface area contributed by atoms with E-state index in [1.165, 1.54) is 7.11 Å². The number of epoxide rings is 1. The van der Waals surface area contributed by atoms with Crippen molar-refractivity contribution in [2.75, 3.05) is 46.9 Å². The number of aliphatic hydroxyl groups is 3. The number of nitrogens with zero attached hydrogens (tertiary/aromatic N) is 2. The van der Waals surface area contributed by atoms with Gasteiger partial charge in [0.25, 0.3) is 0 Å². The van der Waals surface area contributed by atoms with Gasteiger partial charge in [-0.1, -0.05) is 45.1 Å². The maximum absolute atomic E-state index is 13.5. The second-order valence-electron chi connectivity index (χ2n) is 15.2. The van der Waals surface area contributed by atoms with Crippen molar-refractivity contribution in [3.8, 4) is 0 Å². The van der Waals surface area contributed by atoms with Gasteiger partial charge in [0.15, 0.2) is 6.10 Å². The minimum atomic E-state index is -1.16. The summed E-state index contributed by atoms with van der Waals surface area (Å²) in [6.07, 6.45) is 7.60. The van der Waals surface area contributed by atoms with Crippen LogP contribution in [0.5, 0.6) is 0 Å². The maximum atomic E-state index is 13.5. The van der Waals surface area contributed by atoms with Crippen LogP contribution in [0, 0.1) is 11.8 Å². The van der Waals surface area contributed by atoms with Crippen molar-refractivity contribution in [1.29, 1.82) is 0 Å². The minimum Gasteiger partial charge on any atom is -0.469 e. The van der Waals surface area contributed by atoms with Crippen LogP contribution in [-0.2, 0) is 33.3 Å². The maximum Gasteiger partial charge on any atom is 0.410 e. The number of carbonyl (C=O) groups excluding carboxylic acids is 3. The number of esters is 2. The van der Waals surface area contributed by atoms with E-state index in [2.05, 4.69) is 4.90 Å². The summed E-state index contributed by atoms with van der Waals surface area (Å²) in [5.41, 5.74) is -1.43. The van der Waals surface area contributed by atoms with Crippen LogP contribution < -0.4 is 0 Å². The SMILES string of the molecule is CC[C@H](O)[C@@H](C)[C@H]1O[C@@H]1C[C@@](C)(O)/C=C/C=C(\C)[C@H]1OC(=O)C[C@H](O)CC[C@@](C)(OC)[C@H](OC(=O)N2CCN(CCCC(=O)OC)CC2)/C=C/[C@@H]1C. The molecule has 1 amide bonds. The second-order valence-corrected chi connectivity index (χ2v) is 15.2.